The Labute approximate surface area is 117 Å². The lowest BCUT2D eigenvalue weighted by atomic mass is 9.84. The number of phenolic OH excluding ortho intramolecular Hbond substituents is 1. The molecule has 1 amide bonds. The number of rotatable bonds is 3. The zero-order chi connectivity index (χ0) is 14.5. The maximum absolute atomic E-state index is 13.6. The second kappa shape index (κ2) is 6.38. The van der Waals surface area contributed by atoms with E-state index in [1.165, 1.54) is 12.1 Å². The zero-order valence-electron chi connectivity index (χ0n) is 11.1. The summed E-state index contributed by atoms with van der Waals surface area (Å²) in [5.41, 5.74) is -0.399. The Hall–Kier alpha value is -2.09. The van der Waals surface area contributed by atoms with E-state index in [9.17, 15) is 19.6 Å². The number of aromatic hydroxyl groups is 1. The summed E-state index contributed by atoms with van der Waals surface area (Å²) in [5.74, 6) is -1.84. The van der Waals surface area contributed by atoms with Gasteiger partial charge in [-0.25, -0.2) is 4.39 Å². The first-order valence-electron chi connectivity index (χ1n) is 6.81. The van der Waals surface area contributed by atoms with Gasteiger partial charge in [-0.3, -0.25) is 4.79 Å². The molecule has 0 aliphatic heterocycles. The molecule has 0 spiro atoms. The SMILES string of the molecule is N#CC(NC(=O)c1c(O)cccc1F)C1CCCCC1. The number of phenols is 1. The molecule has 0 radical (unpaired) electrons. The minimum Gasteiger partial charge on any atom is -0.507 e. The molecule has 2 N–H and O–H groups in total. The van der Waals surface area contributed by atoms with Gasteiger partial charge in [0.15, 0.2) is 0 Å². The van der Waals surface area contributed by atoms with Crippen LogP contribution in [0.4, 0.5) is 4.39 Å². The van der Waals surface area contributed by atoms with Gasteiger partial charge in [0.2, 0.25) is 0 Å². The Morgan fingerprint density at radius 3 is 2.70 bits per heavy atom. The third kappa shape index (κ3) is 3.08. The van der Waals surface area contributed by atoms with Crippen molar-refractivity contribution in [2.75, 3.05) is 0 Å². The van der Waals surface area contributed by atoms with Crippen LogP contribution in [0, 0.1) is 23.1 Å². The molecule has 106 valence electrons. The van der Waals surface area contributed by atoms with Gasteiger partial charge in [0, 0.05) is 0 Å². The average molecular weight is 276 g/mol. The summed E-state index contributed by atoms with van der Waals surface area (Å²) in [5, 5.41) is 21.3. The second-order valence-electron chi connectivity index (χ2n) is 5.11. The molecule has 20 heavy (non-hydrogen) atoms. The van der Waals surface area contributed by atoms with Crippen molar-refractivity contribution in [3.05, 3.63) is 29.6 Å². The molecule has 0 saturated heterocycles. The number of carbonyl (C=O) groups excluding carboxylic acids is 1. The van der Waals surface area contributed by atoms with Crippen molar-refractivity contribution < 1.29 is 14.3 Å². The van der Waals surface area contributed by atoms with Gasteiger partial charge in [-0.2, -0.15) is 5.26 Å². The van der Waals surface area contributed by atoms with E-state index in [-0.39, 0.29) is 5.92 Å². The van der Waals surface area contributed by atoms with E-state index in [0.717, 1.165) is 38.2 Å². The topological polar surface area (TPSA) is 73.1 Å². The highest BCUT2D eigenvalue weighted by molar-refractivity contribution is 5.97. The van der Waals surface area contributed by atoms with E-state index >= 15 is 0 Å². The van der Waals surface area contributed by atoms with Crippen LogP contribution in [0.5, 0.6) is 5.75 Å². The molecule has 2 rings (SSSR count). The van der Waals surface area contributed by atoms with Crippen molar-refractivity contribution in [3.8, 4) is 11.8 Å². The highest BCUT2D eigenvalue weighted by Gasteiger charge is 2.27. The standard InChI is InChI=1S/C15H17FN2O2/c16-11-7-4-8-13(19)14(11)15(20)18-12(9-17)10-5-2-1-3-6-10/h4,7-8,10,12,19H,1-3,5-6H2,(H,18,20). The molecular formula is C15H17FN2O2. The normalized spacial score (nSPS) is 17.2. The van der Waals surface area contributed by atoms with Crippen molar-refractivity contribution in [2.45, 2.75) is 38.1 Å². The predicted molar refractivity (Wildman–Crippen MR) is 71.5 cm³/mol. The molecule has 5 heteroatoms. The van der Waals surface area contributed by atoms with E-state index in [1.54, 1.807) is 0 Å². The van der Waals surface area contributed by atoms with Crippen molar-refractivity contribution in [2.24, 2.45) is 5.92 Å². The van der Waals surface area contributed by atoms with Crippen LogP contribution in [-0.4, -0.2) is 17.1 Å². The lowest BCUT2D eigenvalue weighted by Crippen LogP contribution is -2.40. The average Bonchev–Trinajstić information content (AvgIpc) is 2.45. The fourth-order valence-electron chi connectivity index (χ4n) is 2.67. The predicted octanol–water partition coefficient (Wildman–Crippen LogP) is 2.73. The van der Waals surface area contributed by atoms with Crippen LogP contribution in [0.3, 0.4) is 0 Å². The number of hydrogen-bond donors (Lipinski definition) is 2. The molecule has 1 aromatic carbocycles. The molecule has 0 heterocycles. The number of benzene rings is 1. The van der Waals surface area contributed by atoms with Crippen LogP contribution < -0.4 is 5.32 Å². The minimum absolute atomic E-state index is 0.103. The monoisotopic (exact) mass is 276 g/mol. The summed E-state index contributed by atoms with van der Waals surface area (Å²) in [6, 6.07) is 5.12. The van der Waals surface area contributed by atoms with Crippen molar-refractivity contribution in [1.82, 2.24) is 5.32 Å². The molecule has 4 nitrogen and oxygen atoms in total. The van der Waals surface area contributed by atoms with Crippen LogP contribution in [-0.2, 0) is 0 Å². The van der Waals surface area contributed by atoms with Crippen molar-refractivity contribution in [1.29, 1.82) is 5.26 Å². The molecule has 1 fully saturated rings. The maximum Gasteiger partial charge on any atom is 0.259 e. The highest BCUT2D eigenvalue weighted by atomic mass is 19.1. The van der Waals surface area contributed by atoms with E-state index in [1.807, 2.05) is 0 Å². The maximum atomic E-state index is 13.6. The van der Waals surface area contributed by atoms with Gasteiger partial charge in [-0.05, 0) is 30.9 Å². The molecule has 1 aliphatic carbocycles. The van der Waals surface area contributed by atoms with E-state index in [2.05, 4.69) is 11.4 Å². The first-order valence-corrected chi connectivity index (χ1v) is 6.81. The first kappa shape index (κ1) is 14.3. The van der Waals surface area contributed by atoms with E-state index < -0.39 is 29.1 Å². The van der Waals surface area contributed by atoms with Crippen molar-refractivity contribution in [3.63, 3.8) is 0 Å². The summed E-state index contributed by atoms with van der Waals surface area (Å²) >= 11 is 0. The number of nitrogens with zero attached hydrogens (tertiary/aromatic N) is 1. The highest BCUT2D eigenvalue weighted by Crippen LogP contribution is 2.27. The molecule has 1 aliphatic rings. The fraction of sp³-hybridized carbons (Fsp3) is 0.467. The van der Waals surface area contributed by atoms with Crippen LogP contribution in [0.25, 0.3) is 0 Å². The third-order valence-electron chi connectivity index (χ3n) is 3.77. The van der Waals surface area contributed by atoms with Crippen LogP contribution in [0.1, 0.15) is 42.5 Å². The molecule has 1 aromatic rings. The number of hydrogen-bond acceptors (Lipinski definition) is 3. The number of carbonyl (C=O) groups is 1. The second-order valence-corrected chi connectivity index (χ2v) is 5.11. The number of nitriles is 1. The smallest absolute Gasteiger partial charge is 0.259 e. The molecule has 1 saturated carbocycles. The summed E-state index contributed by atoms with van der Waals surface area (Å²) < 4.78 is 13.6. The molecular weight excluding hydrogens is 259 g/mol. The summed E-state index contributed by atoms with van der Waals surface area (Å²) in [7, 11) is 0. The van der Waals surface area contributed by atoms with Gasteiger partial charge in [-0.1, -0.05) is 25.3 Å². The van der Waals surface area contributed by atoms with Gasteiger partial charge in [-0.15, -0.1) is 0 Å². The van der Waals surface area contributed by atoms with Crippen molar-refractivity contribution >= 4 is 5.91 Å². The Bertz CT molecular complexity index is 513. The fourth-order valence-corrected chi connectivity index (χ4v) is 2.67. The van der Waals surface area contributed by atoms with E-state index in [0.29, 0.717) is 0 Å². The largest absolute Gasteiger partial charge is 0.507 e. The van der Waals surface area contributed by atoms with Crippen LogP contribution in [0.2, 0.25) is 0 Å². The lowest BCUT2D eigenvalue weighted by molar-refractivity contribution is 0.0922. The zero-order valence-corrected chi connectivity index (χ0v) is 11.1. The van der Waals surface area contributed by atoms with Gasteiger partial charge >= 0.3 is 0 Å². The van der Waals surface area contributed by atoms with Crippen LogP contribution in [0.15, 0.2) is 18.2 Å². The van der Waals surface area contributed by atoms with Gasteiger partial charge in [0.25, 0.3) is 5.91 Å². The number of nitrogens with one attached hydrogen (secondary N) is 1. The van der Waals surface area contributed by atoms with Gasteiger partial charge in [0.1, 0.15) is 23.2 Å². The molecule has 0 aromatic heterocycles. The van der Waals surface area contributed by atoms with E-state index in [4.69, 9.17) is 0 Å². The number of amides is 1. The molecule has 1 unspecified atom stereocenters. The Morgan fingerprint density at radius 2 is 2.10 bits per heavy atom. The minimum atomic E-state index is -0.789. The lowest BCUT2D eigenvalue weighted by Gasteiger charge is -2.26. The third-order valence-corrected chi connectivity index (χ3v) is 3.77. The van der Waals surface area contributed by atoms with Gasteiger partial charge in [0.05, 0.1) is 6.07 Å². The Kier molecular flexibility index (Phi) is 4.57. The Balaban J connectivity index is 2.11. The Morgan fingerprint density at radius 1 is 1.40 bits per heavy atom. The summed E-state index contributed by atoms with van der Waals surface area (Å²) in [6.07, 6.45) is 5.02. The number of halogens is 1. The quantitative estimate of drug-likeness (QED) is 0.891. The first-order chi connectivity index (χ1) is 9.63. The van der Waals surface area contributed by atoms with Gasteiger partial charge < -0.3 is 10.4 Å². The summed E-state index contributed by atoms with van der Waals surface area (Å²) in [4.78, 5) is 12.0. The van der Waals surface area contributed by atoms with Crippen LogP contribution >= 0.6 is 0 Å². The molecule has 0 bridgehead atoms. The molecule has 1 atom stereocenters. The summed E-state index contributed by atoms with van der Waals surface area (Å²) in [6.45, 7) is 0.